The summed E-state index contributed by atoms with van der Waals surface area (Å²) in [6.45, 7) is 16.2. The molecule has 0 atom stereocenters. The Bertz CT molecular complexity index is 264. The van der Waals surface area contributed by atoms with Gasteiger partial charge in [-0.3, -0.25) is 4.79 Å². The maximum atomic E-state index is 11.7. The first-order valence-corrected chi connectivity index (χ1v) is 7.36. The van der Waals surface area contributed by atoms with Gasteiger partial charge < -0.3 is 16.0 Å². The van der Waals surface area contributed by atoms with E-state index in [1.54, 1.807) is 13.8 Å². The van der Waals surface area contributed by atoms with E-state index < -0.39 is 5.54 Å². The highest BCUT2D eigenvalue weighted by Gasteiger charge is 2.21. The molecule has 0 rings (SSSR count). The van der Waals surface area contributed by atoms with E-state index in [4.69, 9.17) is 5.73 Å². The molecule has 0 aliphatic heterocycles. The van der Waals surface area contributed by atoms with E-state index in [1.165, 1.54) is 6.42 Å². The van der Waals surface area contributed by atoms with Gasteiger partial charge in [-0.25, -0.2) is 0 Å². The molecule has 4 nitrogen and oxygen atoms in total. The van der Waals surface area contributed by atoms with Gasteiger partial charge in [-0.1, -0.05) is 27.7 Å². The van der Waals surface area contributed by atoms with Crippen LogP contribution in [0.2, 0.25) is 0 Å². The van der Waals surface area contributed by atoms with Crippen LogP contribution in [0.5, 0.6) is 0 Å². The molecule has 0 heterocycles. The van der Waals surface area contributed by atoms with Crippen LogP contribution < -0.4 is 11.1 Å². The molecular weight excluding hydrogens is 238 g/mol. The first-order chi connectivity index (χ1) is 8.56. The highest BCUT2D eigenvalue weighted by Crippen LogP contribution is 2.18. The Morgan fingerprint density at radius 3 is 2.11 bits per heavy atom. The van der Waals surface area contributed by atoms with Gasteiger partial charge in [0.05, 0.1) is 5.54 Å². The summed E-state index contributed by atoms with van der Waals surface area (Å²) in [6, 6.07) is 0. The Labute approximate surface area is 119 Å². The summed E-state index contributed by atoms with van der Waals surface area (Å²) in [5.41, 5.74) is 5.31. The van der Waals surface area contributed by atoms with Crippen molar-refractivity contribution in [1.29, 1.82) is 0 Å². The average molecular weight is 271 g/mol. The molecule has 4 heteroatoms. The topological polar surface area (TPSA) is 58.4 Å². The molecule has 0 unspecified atom stereocenters. The number of hydrogen-bond acceptors (Lipinski definition) is 3. The quantitative estimate of drug-likeness (QED) is 0.710. The molecule has 0 radical (unpaired) electrons. The molecule has 0 aromatic rings. The van der Waals surface area contributed by atoms with Crippen molar-refractivity contribution in [2.45, 2.75) is 59.9 Å². The highest BCUT2D eigenvalue weighted by atomic mass is 16.2. The molecule has 0 bridgehead atoms. The molecule has 3 N–H and O–H groups in total. The van der Waals surface area contributed by atoms with Gasteiger partial charge >= 0.3 is 0 Å². The van der Waals surface area contributed by atoms with Gasteiger partial charge in [0.15, 0.2) is 0 Å². The number of nitrogens with two attached hydrogens (primary N) is 1. The molecule has 0 aliphatic rings. The van der Waals surface area contributed by atoms with Gasteiger partial charge in [0, 0.05) is 13.1 Å². The number of carbonyl (C=O) groups excluding carboxylic acids is 1. The summed E-state index contributed by atoms with van der Waals surface area (Å²) in [7, 11) is 0. The molecule has 114 valence electrons. The van der Waals surface area contributed by atoms with Gasteiger partial charge in [0.25, 0.3) is 0 Å². The second-order valence-electron chi connectivity index (χ2n) is 7.13. The lowest BCUT2D eigenvalue weighted by Crippen LogP contribution is -2.50. The number of hydrogen-bond donors (Lipinski definition) is 2. The molecule has 19 heavy (non-hydrogen) atoms. The SMILES string of the molecule is CCCN(CCNC(=O)C(C)(C)N)CCC(C)(C)C. The maximum absolute atomic E-state index is 11.7. The number of rotatable bonds is 8. The van der Waals surface area contributed by atoms with Crippen LogP contribution in [0.1, 0.15) is 54.4 Å². The number of nitrogens with one attached hydrogen (secondary N) is 1. The maximum Gasteiger partial charge on any atom is 0.239 e. The van der Waals surface area contributed by atoms with Crippen molar-refractivity contribution < 1.29 is 4.79 Å². The zero-order valence-corrected chi connectivity index (χ0v) is 13.7. The van der Waals surface area contributed by atoms with Crippen molar-refractivity contribution in [3.05, 3.63) is 0 Å². The lowest BCUT2D eigenvalue weighted by atomic mass is 9.92. The third kappa shape index (κ3) is 9.91. The lowest BCUT2D eigenvalue weighted by Gasteiger charge is -2.27. The third-order valence-corrected chi connectivity index (χ3v) is 3.02. The third-order valence-electron chi connectivity index (χ3n) is 3.02. The Balaban J connectivity index is 4.05. The minimum atomic E-state index is -0.791. The molecule has 0 saturated carbocycles. The van der Waals surface area contributed by atoms with Crippen LogP contribution >= 0.6 is 0 Å². The predicted octanol–water partition coefficient (Wildman–Crippen LogP) is 1.99. The Kier molecular flexibility index (Phi) is 7.60. The van der Waals surface area contributed by atoms with E-state index in [-0.39, 0.29) is 5.91 Å². The minimum Gasteiger partial charge on any atom is -0.353 e. The summed E-state index contributed by atoms with van der Waals surface area (Å²) < 4.78 is 0. The van der Waals surface area contributed by atoms with E-state index in [2.05, 4.69) is 37.9 Å². The molecule has 0 aliphatic carbocycles. The van der Waals surface area contributed by atoms with Gasteiger partial charge in [-0.05, 0) is 45.2 Å². The van der Waals surface area contributed by atoms with E-state index in [1.807, 2.05) is 0 Å². The summed E-state index contributed by atoms with van der Waals surface area (Å²) in [4.78, 5) is 14.1. The Morgan fingerprint density at radius 2 is 1.68 bits per heavy atom. The zero-order valence-electron chi connectivity index (χ0n) is 13.7. The summed E-state index contributed by atoms with van der Waals surface area (Å²) in [5, 5.41) is 2.90. The van der Waals surface area contributed by atoms with Crippen molar-refractivity contribution in [3.63, 3.8) is 0 Å². The zero-order chi connectivity index (χ0) is 15.1. The van der Waals surface area contributed by atoms with Gasteiger partial charge in [0.2, 0.25) is 5.91 Å². The van der Waals surface area contributed by atoms with Crippen LogP contribution in [0, 0.1) is 5.41 Å². The standard InChI is InChI=1S/C15H33N3O/c1-7-10-18(11-8-14(2,3)4)12-9-17-13(19)15(5,6)16/h7-12,16H2,1-6H3,(H,17,19). The molecule has 0 aromatic heterocycles. The van der Waals surface area contributed by atoms with E-state index in [0.29, 0.717) is 12.0 Å². The second kappa shape index (κ2) is 7.85. The normalized spacial score (nSPS) is 12.8. The second-order valence-corrected chi connectivity index (χ2v) is 7.13. The van der Waals surface area contributed by atoms with E-state index >= 15 is 0 Å². The predicted molar refractivity (Wildman–Crippen MR) is 82.1 cm³/mol. The van der Waals surface area contributed by atoms with Crippen molar-refractivity contribution in [3.8, 4) is 0 Å². The molecule has 1 amide bonds. The van der Waals surface area contributed by atoms with Gasteiger partial charge in [-0.2, -0.15) is 0 Å². The number of amides is 1. The molecular formula is C15H33N3O. The van der Waals surface area contributed by atoms with E-state index in [0.717, 1.165) is 26.1 Å². The van der Waals surface area contributed by atoms with Crippen molar-refractivity contribution in [2.24, 2.45) is 11.1 Å². The largest absolute Gasteiger partial charge is 0.353 e. The number of carbonyl (C=O) groups is 1. The van der Waals surface area contributed by atoms with Crippen LogP contribution in [0.3, 0.4) is 0 Å². The Hall–Kier alpha value is -0.610. The fourth-order valence-corrected chi connectivity index (χ4v) is 1.70. The van der Waals surface area contributed by atoms with Crippen molar-refractivity contribution in [2.75, 3.05) is 26.2 Å². The molecule has 0 saturated heterocycles. The first-order valence-electron chi connectivity index (χ1n) is 7.36. The van der Waals surface area contributed by atoms with Crippen LogP contribution in [0.15, 0.2) is 0 Å². The molecule has 0 spiro atoms. The first kappa shape index (κ1) is 18.4. The average Bonchev–Trinajstić information content (AvgIpc) is 2.23. The fourth-order valence-electron chi connectivity index (χ4n) is 1.70. The lowest BCUT2D eigenvalue weighted by molar-refractivity contribution is -0.125. The summed E-state index contributed by atoms with van der Waals surface area (Å²) in [5.74, 6) is -0.0835. The van der Waals surface area contributed by atoms with Crippen LogP contribution in [0.4, 0.5) is 0 Å². The van der Waals surface area contributed by atoms with Crippen LogP contribution in [0.25, 0.3) is 0 Å². The van der Waals surface area contributed by atoms with Crippen molar-refractivity contribution >= 4 is 5.91 Å². The fraction of sp³-hybridized carbons (Fsp3) is 0.933. The van der Waals surface area contributed by atoms with Gasteiger partial charge in [0.1, 0.15) is 0 Å². The number of nitrogens with zero attached hydrogens (tertiary/aromatic N) is 1. The summed E-state index contributed by atoms with van der Waals surface area (Å²) >= 11 is 0. The van der Waals surface area contributed by atoms with Gasteiger partial charge in [-0.15, -0.1) is 0 Å². The molecule has 0 fully saturated rings. The van der Waals surface area contributed by atoms with Crippen molar-refractivity contribution in [1.82, 2.24) is 10.2 Å². The van der Waals surface area contributed by atoms with Crippen LogP contribution in [-0.2, 0) is 4.79 Å². The monoisotopic (exact) mass is 271 g/mol. The Morgan fingerprint density at radius 1 is 1.11 bits per heavy atom. The van der Waals surface area contributed by atoms with E-state index in [9.17, 15) is 4.79 Å². The highest BCUT2D eigenvalue weighted by molar-refractivity contribution is 5.84. The smallest absolute Gasteiger partial charge is 0.239 e. The summed E-state index contributed by atoms with van der Waals surface area (Å²) in [6.07, 6.45) is 2.31. The minimum absolute atomic E-state index is 0.0835. The molecule has 0 aromatic carbocycles. The van der Waals surface area contributed by atoms with Crippen LogP contribution in [-0.4, -0.2) is 42.5 Å².